The van der Waals surface area contributed by atoms with Gasteiger partial charge in [0.25, 0.3) is 0 Å². The van der Waals surface area contributed by atoms with Crippen LogP contribution in [-0.4, -0.2) is 46.4 Å². The number of halogens is 2. The van der Waals surface area contributed by atoms with Crippen molar-refractivity contribution in [2.75, 3.05) is 30.3 Å². The Morgan fingerprint density at radius 3 is 2.78 bits per heavy atom. The largest absolute Gasteiger partial charge is 0.376 e. The first-order valence-corrected chi connectivity index (χ1v) is 9.69. The number of carbonyl (C=O) groups excluding carboxylic acids is 1. The average molecular weight is 381 g/mol. The number of nitrogens with one attached hydrogen (secondary N) is 1. The predicted octanol–water partition coefficient (Wildman–Crippen LogP) is 2.05. The van der Waals surface area contributed by atoms with Crippen LogP contribution < -0.4 is 9.62 Å². The third-order valence-corrected chi connectivity index (χ3v) is 5.37. The Kier molecular flexibility index (Phi) is 6.13. The van der Waals surface area contributed by atoms with Crippen LogP contribution in [0, 0.1) is 0 Å². The predicted molar refractivity (Wildman–Crippen MR) is 90.6 cm³/mol. The summed E-state index contributed by atoms with van der Waals surface area (Å²) in [4.78, 5) is 12.1. The van der Waals surface area contributed by atoms with Crippen molar-refractivity contribution in [3.05, 3.63) is 28.2 Å². The molecule has 0 saturated carbocycles. The van der Waals surface area contributed by atoms with Gasteiger partial charge >= 0.3 is 0 Å². The zero-order valence-corrected chi connectivity index (χ0v) is 14.9. The van der Waals surface area contributed by atoms with E-state index >= 15 is 0 Å². The standard InChI is InChI=1S/C14H18Cl2N2O4S/c1-23(20,21)18(12-6-2-5-11(15)14(12)16)9-13(19)17-8-10-4-3-7-22-10/h2,5-6,10H,3-4,7-9H2,1H3,(H,17,19)/t10-/m1/s1. The second-order valence-electron chi connectivity index (χ2n) is 5.28. The summed E-state index contributed by atoms with van der Waals surface area (Å²) in [5.41, 5.74) is 0.175. The first kappa shape index (κ1) is 18.3. The Labute approximate surface area is 145 Å². The summed E-state index contributed by atoms with van der Waals surface area (Å²) in [5, 5.41) is 2.99. The van der Waals surface area contributed by atoms with Gasteiger partial charge < -0.3 is 10.1 Å². The average Bonchev–Trinajstić information content (AvgIpc) is 2.98. The highest BCUT2D eigenvalue weighted by Crippen LogP contribution is 2.33. The third kappa shape index (κ3) is 4.97. The lowest BCUT2D eigenvalue weighted by Gasteiger charge is -2.23. The Morgan fingerprint density at radius 2 is 2.17 bits per heavy atom. The topological polar surface area (TPSA) is 75.7 Å². The fraction of sp³-hybridized carbons (Fsp3) is 0.500. The van der Waals surface area contributed by atoms with Crippen molar-refractivity contribution in [1.29, 1.82) is 0 Å². The smallest absolute Gasteiger partial charge is 0.240 e. The van der Waals surface area contributed by atoms with Gasteiger partial charge in [-0.3, -0.25) is 9.10 Å². The molecule has 0 spiro atoms. The molecule has 1 aliphatic rings. The van der Waals surface area contributed by atoms with Gasteiger partial charge in [-0.25, -0.2) is 8.42 Å². The summed E-state index contributed by atoms with van der Waals surface area (Å²) in [7, 11) is -3.69. The van der Waals surface area contributed by atoms with Crippen LogP contribution in [0.15, 0.2) is 18.2 Å². The van der Waals surface area contributed by atoms with Crippen LogP contribution in [0.4, 0.5) is 5.69 Å². The molecule has 1 heterocycles. The number of ether oxygens (including phenoxy) is 1. The molecule has 1 fully saturated rings. The molecule has 1 N–H and O–H groups in total. The fourth-order valence-corrected chi connectivity index (χ4v) is 3.59. The fourth-order valence-electron chi connectivity index (χ4n) is 2.29. The van der Waals surface area contributed by atoms with Crippen molar-refractivity contribution in [3.63, 3.8) is 0 Å². The van der Waals surface area contributed by atoms with Gasteiger partial charge in [0, 0.05) is 13.2 Å². The zero-order chi connectivity index (χ0) is 17.0. The third-order valence-electron chi connectivity index (χ3n) is 3.44. The number of anilines is 1. The molecule has 1 amide bonds. The maximum Gasteiger partial charge on any atom is 0.240 e. The quantitative estimate of drug-likeness (QED) is 0.819. The molecule has 9 heteroatoms. The Balaban J connectivity index is 2.10. The molecular formula is C14H18Cl2N2O4S. The molecule has 1 atom stereocenters. The van der Waals surface area contributed by atoms with Crippen LogP contribution in [0.2, 0.25) is 10.0 Å². The maximum absolute atomic E-state index is 12.1. The molecule has 2 rings (SSSR count). The van der Waals surface area contributed by atoms with Crippen LogP contribution in [-0.2, 0) is 19.6 Å². The first-order chi connectivity index (χ1) is 10.8. The van der Waals surface area contributed by atoms with E-state index in [1.54, 1.807) is 12.1 Å². The summed E-state index contributed by atoms with van der Waals surface area (Å²) in [6.07, 6.45) is 2.85. The van der Waals surface area contributed by atoms with E-state index in [9.17, 15) is 13.2 Å². The van der Waals surface area contributed by atoms with E-state index in [4.69, 9.17) is 27.9 Å². The summed E-state index contributed by atoms with van der Waals surface area (Å²) in [5.74, 6) is -0.429. The molecule has 1 aromatic carbocycles. The highest BCUT2D eigenvalue weighted by atomic mass is 35.5. The number of sulfonamides is 1. The Bertz CT molecular complexity index is 675. The van der Waals surface area contributed by atoms with Gasteiger partial charge in [-0.1, -0.05) is 29.3 Å². The van der Waals surface area contributed by atoms with Crippen LogP contribution in [0.25, 0.3) is 0 Å². The van der Waals surface area contributed by atoms with Crippen molar-refractivity contribution < 1.29 is 17.9 Å². The molecule has 1 aromatic rings. The van der Waals surface area contributed by atoms with E-state index in [2.05, 4.69) is 5.32 Å². The number of benzene rings is 1. The lowest BCUT2D eigenvalue weighted by molar-refractivity contribution is -0.120. The molecule has 23 heavy (non-hydrogen) atoms. The molecular weight excluding hydrogens is 363 g/mol. The summed E-state index contributed by atoms with van der Waals surface area (Å²) >= 11 is 12.0. The van der Waals surface area contributed by atoms with Gasteiger partial charge in [0.2, 0.25) is 15.9 Å². The van der Waals surface area contributed by atoms with Crippen molar-refractivity contribution in [1.82, 2.24) is 5.32 Å². The maximum atomic E-state index is 12.1. The summed E-state index contributed by atoms with van der Waals surface area (Å²) in [6, 6.07) is 4.62. The Hall–Kier alpha value is -1.02. The number of amides is 1. The molecule has 1 aliphatic heterocycles. The van der Waals surface area contributed by atoms with E-state index in [0.717, 1.165) is 23.4 Å². The minimum atomic E-state index is -3.69. The van der Waals surface area contributed by atoms with E-state index in [1.807, 2.05) is 0 Å². The molecule has 0 radical (unpaired) electrons. The number of hydrogen-bond acceptors (Lipinski definition) is 4. The van der Waals surface area contributed by atoms with E-state index < -0.39 is 15.9 Å². The van der Waals surface area contributed by atoms with Crippen molar-refractivity contribution >= 4 is 44.8 Å². The first-order valence-electron chi connectivity index (χ1n) is 7.09. The van der Waals surface area contributed by atoms with Gasteiger partial charge in [0.15, 0.2) is 0 Å². The van der Waals surface area contributed by atoms with Crippen LogP contribution >= 0.6 is 23.2 Å². The minimum absolute atomic E-state index is 0.0135. The van der Waals surface area contributed by atoms with Gasteiger partial charge in [-0.2, -0.15) is 0 Å². The molecule has 6 nitrogen and oxygen atoms in total. The second kappa shape index (κ2) is 7.70. The number of nitrogens with zero attached hydrogens (tertiary/aromatic N) is 1. The lowest BCUT2D eigenvalue weighted by Crippen LogP contribution is -2.42. The van der Waals surface area contributed by atoms with Gasteiger partial charge in [-0.05, 0) is 25.0 Å². The molecule has 0 unspecified atom stereocenters. The SMILES string of the molecule is CS(=O)(=O)N(CC(=O)NC[C@H]1CCCO1)c1cccc(Cl)c1Cl. The van der Waals surface area contributed by atoms with E-state index in [-0.39, 0.29) is 28.4 Å². The molecule has 0 bridgehead atoms. The highest BCUT2D eigenvalue weighted by Gasteiger charge is 2.24. The molecule has 0 aliphatic carbocycles. The Morgan fingerprint density at radius 1 is 1.43 bits per heavy atom. The molecule has 128 valence electrons. The zero-order valence-electron chi connectivity index (χ0n) is 12.6. The number of rotatable bonds is 6. The molecule has 0 aromatic heterocycles. The van der Waals surface area contributed by atoms with E-state index in [0.29, 0.717) is 13.2 Å². The summed E-state index contributed by atoms with van der Waals surface area (Å²) in [6.45, 7) is 0.680. The van der Waals surface area contributed by atoms with E-state index in [1.165, 1.54) is 6.07 Å². The van der Waals surface area contributed by atoms with Crippen molar-refractivity contribution in [3.8, 4) is 0 Å². The number of hydrogen-bond donors (Lipinski definition) is 1. The van der Waals surface area contributed by atoms with Crippen molar-refractivity contribution in [2.45, 2.75) is 18.9 Å². The normalized spacial score (nSPS) is 18.0. The summed E-state index contributed by atoms with van der Waals surface area (Å²) < 4.78 is 30.4. The second-order valence-corrected chi connectivity index (χ2v) is 7.97. The molecule has 1 saturated heterocycles. The van der Waals surface area contributed by atoms with Gasteiger partial charge in [0.1, 0.15) is 6.54 Å². The monoisotopic (exact) mass is 380 g/mol. The minimum Gasteiger partial charge on any atom is -0.376 e. The number of carbonyl (C=O) groups is 1. The van der Waals surface area contributed by atoms with Crippen LogP contribution in [0.5, 0.6) is 0 Å². The van der Waals surface area contributed by atoms with Crippen molar-refractivity contribution in [2.24, 2.45) is 0 Å². The van der Waals surface area contributed by atoms with Crippen LogP contribution in [0.1, 0.15) is 12.8 Å². The highest BCUT2D eigenvalue weighted by molar-refractivity contribution is 7.92. The van der Waals surface area contributed by atoms with Gasteiger partial charge in [-0.15, -0.1) is 0 Å². The van der Waals surface area contributed by atoms with Gasteiger partial charge in [0.05, 0.1) is 28.1 Å². The lowest BCUT2D eigenvalue weighted by atomic mass is 10.2. The van der Waals surface area contributed by atoms with Crippen LogP contribution in [0.3, 0.4) is 0 Å².